The summed E-state index contributed by atoms with van der Waals surface area (Å²) in [4.78, 5) is 0. The van der Waals surface area contributed by atoms with Crippen molar-refractivity contribution in [3.8, 4) is 0 Å². The molecule has 1 aliphatic carbocycles. The minimum Gasteiger partial charge on any atom is -0.323 e. The first-order valence-corrected chi connectivity index (χ1v) is 3.19. The van der Waals surface area contributed by atoms with E-state index in [1.807, 2.05) is 0 Å². The largest absolute Gasteiger partial charge is 0.323 e. The van der Waals surface area contributed by atoms with Gasteiger partial charge in [0, 0.05) is 5.71 Å². The molecule has 2 nitrogen and oxygen atoms in total. The van der Waals surface area contributed by atoms with Gasteiger partial charge < -0.3 is 5.84 Å². The van der Waals surface area contributed by atoms with Crippen LogP contribution in [0.25, 0.3) is 0 Å². The Balaban J connectivity index is 2.33. The second-order valence-corrected chi connectivity index (χ2v) is 2.26. The summed E-state index contributed by atoms with van der Waals surface area (Å²) in [6.45, 7) is 0. The van der Waals surface area contributed by atoms with Crippen LogP contribution in [0.3, 0.4) is 0 Å². The highest BCUT2D eigenvalue weighted by Crippen LogP contribution is 2.13. The lowest BCUT2D eigenvalue weighted by atomic mass is 9.99. The molecule has 0 spiro atoms. The number of nitrogens with zero attached hydrogens (tertiary/aromatic N) is 1. The van der Waals surface area contributed by atoms with Crippen LogP contribution in [0, 0.1) is 0 Å². The Morgan fingerprint density at radius 2 is 1.75 bits per heavy atom. The lowest BCUT2D eigenvalue weighted by Crippen LogP contribution is -2.06. The standard InChI is InChI=1S/C6H12N2/c7-8-6-4-2-1-3-5-6/h1-5,7H2. The Labute approximate surface area is 49.8 Å². The van der Waals surface area contributed by atoms with E-state index in [9.17, 15) is 0 Å². The minimum atomic E-state index is 1.14. The van der Waals surface area contributed by atoms with Gasteiger partial charge in [0.25, 0.3) is 0 Å². The zero-order valence-electron chi connectivity index (χ0n) is 5.06. The molecule has 0 aromatic rings. The van der Waals surface area contributed by atoms with Crippen LogP contribution in [0.2, 0.25) is 0 Å². The molecule has 0 amide bonds. The Hall–Kier alpha value is -0.530. The minimum absolute atomic E-state index is 1.14. The summed E-state index contributed by atoms with van der Waals surface area (Å²) in [6.07, 6.45) is 6.21. The Kier molecular flexibility index (Phi) is 1.89. The maximum Gasteiger partial charge on any atom is 0.0375 e. The van der Waals surface area contributed by atoms with Gasteiger partial charge in [-0.15, -0.1) is 0 Å². The summed E-state index contributed by atoms with van der Waals surface area (Å²) in [7, 11) is 0. The SMILES string of the molecule is NN=C1CCCCC1. The highest BCUT2D eigenvalue weighted by Gasteiger charge is 2.04. The quantitative estimate of drug-likeness (QED) is 0.372. The molecule has 46 valence electrons. The van der Waals surface area contributed by atoms with Gasteiger partial charge in [-0.2, -0.15) is 5.10 Å². The van der Waals surface area contributed by atoms with Crippen LogP contribution in [-0.4, -0.2) is 5.71 Å². The van der Waals surface area contributed by atoms with Crippen molar-refractivity contribution in [1.29, 1.82) is 0 Å². The Morgan fingerprint density at radius 1 is 1.12 bits per heavy atom. The molecule has 1 saturated carbocycles. The fourth-order valence-electron chi connectivity index (χ4n) is 1.09. The zero-order valence-corrected chi connectivity index (χ0v) is 5.06. The van der Waals surface area contributed by atoms with Crippen LogP contribution < -0.4 is 5.84 Å². The van der Waals surface area contributed by atoms with Crippen molar-refractivity contribution < 1.29 is 0 Å². The molecule has 2 heteroatoms. The summed E-state index contributed by atoms with van der Waals surface area (Å²) >= 11 is 0. The first kappa shape index (κ1) is 5.60. The smallest absolute Gasteiger partial charge is 0.0375 e. The average molecular weight is 112 g/mol. The third-order valence-electron chi connectivity index (χ3n) is 1.61. The molecule has 0 aromatic heterocycles. The van der Waals surface area contributed by atoms with E-state index in [1.54, 1.807) is 0 Å². The van der Waals surface area contributed by atoms with E-state index in [0.717, 1.165) is 12.8 Å². The predicted octanol–water partition coefficient (Wildman–Crippen LogP) is 1.27. The van der Waals surface area contributed by atoms with E-state index in [-0.39, 0.29) is 0 Å². The van der Waals surface area contributed by atoms with Crippen molar-refractivity contribution >= 4 is 5.71 Å². The van der Waals surface area contributed by atoms with Crippen LogP contribution in [-0.2, 0) is 0 Å². The second kappa shape index (κ2) is 2.70. The maximum atomic E-state index is 5.09. The number of hydrogen-bond acceptors (Lipinski definition) is 2. The van der Waals surface area contributed by atoms with Gasteiger partial charge in [0.2, 0.25) is 0 Å². The number of hydrogen-bond donors (Lipinski definition) is 1. The highest BCUT2D eigenvalue weighted by atomic mass is 15.1. The summed E-state index contributed by atoms with van der Waals surface area (Å²) < 4.78 is 0. The Bertz CT molecular complexity index is 88.7. The topological polar surface area (TPSA) is 38.4 Å². The van der Waals surface area contributed by atoms with Crippen LogP contribution in [0.4, 0.5) is 0 Å². The summed E-state index contributed by atoms with van der Waals surface area (Å²) in [5.74, 6) is 5.09. The van der Waals surface area contributed by atoms with Gasteiger partial charge >= 0.3 is 0 Å². The van der Waals surface area contributed by atoms with Gasteiger partial charge in [-0.3, -0.25) is 0 Å². The predicted molar refractivity (Wildman–Crippen MR) is 34.7 cm³/mol. The average Bonchev–Trinajstić information content (AvgIpc) is 1.90. The van der Waals surface area contributed by atoms with Crippen LogP contribution in [0.5, 0.6) is 0 Å². The van der Waals surface area contributed by atoms with Gasteiger partial charge in [-0.05, 0) is 25.7 Å². The molecule has 1 aliphatic rings. The van der Waals surface area contributed by atoms with E-state index in [1.165, 1.54) is 25.0 Å². The lowest BCUT2D eigenvalue weighted by molar-refractivity contribution is 0.664. The molecule has 0 bridgehead atoms. The van der Waals surface area contributed by atoms with E-state index in [2.05, 4.69) is 5.10 Å². The first-order chi connectivity index (χ1) is 3.93. The fraction of sp³-hybridized carbons (Fsp3) is 0.833. The normalized spacial score (nSPS) is 20.8. The van der Waals surface area contributed by atoms with Crippen LogP contribution >= 0.6 is 0 Å². The van der Waals surface area contributed by atoms with E-state index >= 15 is 0 Å². The number of rotatable bonds is 0. The molecule has 0 saturated heterocycles. The van der Waals surface area contributed by atoms with Crippen LogP contribution in [0.1, 0.15) is 32.1 Å². The summed E-state index contributed by atoms with van der Waals surface area (Å²) in [6, 6.07) is 0. The molecule has 0 radical (unpaired) electrons. The molecular formula is C6H12N2. The third kappa shape index (κ3) is 1.22. The second-order valence-electron chi connectivity index (χ2n) is 2.26. The maximum absolute atomic E-state index is 5.09. The monoisotopic (exact) mass is 112 g/mol. The molecule has 1 fully saturated rings. The fourth-order valence-corrected chi connectivity index (χ4v) is 1.09. The molecule has 0 heterocycles. The molecule has 0 aliphatic heterocycles. The number of nitrogens with two attached hydrogens (primary N) is 1. The van der Waals surface area contributed by atoms with Gasteiger partial charge in [0.15, 0.2) is 0 Å². The molecule has 8 heavy (non-hydrogen) atoms. The van der Waals surface area contributed by atoms with E-state index in [0.29, 0.717) is 0 Å². The molecule has 0 unspecified atom stereocenters. The van der Waals surface area contributed by atoms with E-state index < -0.39 is 0 Å². The molecule has 1 rings (SSSR count). The summed E-state index contributed by atoms with van der Waals surface area (Å²) in [5, 5.41) is 3.66. The highest BCUT2D eigenvalue weighted by molar-refractivity contribution is 5.84. The van der Waals surface area contributed by atoms with Crippen molar-refractivity contribution in [2.75, 3.05) is 0 Å². The Morgan fingerprint density at radius 3 is 2.12 bits per heavy atom. The number of hydrazone groups is 1. The van der Waals surface area contributed by atoms with Crippen molar-refractivity contribution in [1.82, 2.24) is 0 Å². The molecule has 0 atom stereocenters. The molecule has 0 aromatic carbocycles. The van der Waals surface area contributed by atoms with Crippen molar-refractivity contribution in [3.05, 3.63) is 0 Å². The van der Waals surface area contributed by atoms with Gasteiger partial charge in [-0.1, -0.05) is 6.42 Å². The lowest BCUT2D eigenvalue weighted by Gasteiger charge is -2.09. The summed E-state index contributed by atoms with van der Waals surface area (Å²) in [5.41, 5.74) is 1.20. The van der Waals surface area contributed by atoms with E-state index in [4.69, 9.17) is 5.84 Å². The molecule has 2 N–H and O–H groups in total. The molecular weight excluding hydrogens is 100 g/mol. The third-order valence-corrected chi connectivity index (χ3v) is 1.61. The first-order valence-electron chi connectivity index (χ1n) is 3.19. The van der Waals surface area contributed by atoms with Gasteiger partial charge in [-0.25, -0.2) is 0 Å². The van der Waals surface area contributed by atoms with Gasteiger partial charge in [0.05, 0.1) is 0 Å². The van der Waals surface area contributed by atoms with Crippen molar-refractivity contribution in [3.63, 3.8) is 0 Å². The zero-order chi connectivity index (χ0) is 5.82. The van der Waals surface area contributed by atoms with Crippen molar-refractivity contribution in [2.45, 2.75) is 32.1 Å². The van der Waals surface area contributed by atoms with Crippen LogP contribution in [0.15, 0.2) is 5.10 Å². The van der Waals surface area contributed by atoms with Gasteiger partial charge in [0.1, 0.15) is 0 Å². The van der Waals surface area contributed by atoms with Crippen molar-refractivity contribution in [2.24, 2.45) is 10.9 Å².